The first kappa shape index (κ1) is 15.9. The first-order valence-corrected chi connectivity index (χ1v) is 7.70. The van der Waals surface area contributed by atoms with Crippen LogP contribution < -0.4 is 4.74 Å². The molecule has 0 saturated carbocycles. The van der Waals surface area contributed by atoms with Gasteiger partial charge in [0.15, 0.2) is 0 Å². The van der Waals surface area contributed by atoms with Gasteiger partial charge in [-0.15, -0.1) is 11.3 Å². The molecule has 0 amide bonds. The Kier molecular flexibility index (Phi) is 4.64. The maximum atomic E-state index is 13.7. The molecule has 1 N–H and O–H groups in total. The molecule has 0 aliphatic carbocycles. The molecule has 3 nitrogen and oxygen atoms in total. The van der Waals surface area contributed by atoms with Gasteiger partial charge in [-0.3, -0.25) is 0 Å². The number of nitrogens with zero attached hydrogens (tertiary/aromatic N) is 1. The fourth-order valence-corrected chi connectivity index (χ4v) is 2.74. The third-order valence-electron chi connectivity index (χ3n) is 3.10. The van der Waals surface area contributed by atoms with Gasteiger partial charge in [-0.1, -0.05) is 20.8 Å². The van der Waals surface area contributed by atoms with Crippen molar-refractivity contribution in [2.45, 2.75) is 45.8 Å². The molecule has 0 radical (unpaired) electrons. The van der Waals surface area contributed by atoms with E-state index in [9.17, 15) is 9.50 Å². The van der Waals surface area contributed by atoms with Crippen molar-refractivity contribution in [1.29, 1.82) is 0 Å². The molecular formula is C16H20FNO2S. The Labute approximate surface area is 128 Å². The average Bonchev–Trinajstić information content (AvgIpc) is 2.84. The van der Waals surface area contributed by atoms with Crippen LogP contribution in [0.25, 0.3) is 0 Å². The Morgan fingerprint density at radius 1 is 1.38 bits per heavy atom. The number of thiazole rings is 1. The summed E-state index contributed by atoms with van der Waals surface area (Å²) in [4.78, 5) is 4.52. The molecular weight excluding hydrogens is 289 g/mol. The second-order valence-corrected chi connectivity index (χ2v) is 6.97. The molecule has 0 saturated heterocycles. The summed E-state index contributed by atoms with van der Waals surface area (Å²) in [6.45, 7) is 8.17. The molecule has 0 fully saturated rings. The third kappa shape index (κ3) is 4.02. The first-order chi connectivity index (χ1) is 9.77. The fourth-order valence-electron chi connectivity index (χ4n) is 1.80. The Morgan fingerprint density at radius 3 is 2.62 bits per heavy atom. The lowest BCUT2D eigenvalue weighted by molar-refractivity contribution is 0.194. The summed E-state index contributed by atoms with van der Waals surface area (Å²) in [5, 5.41) is 12.3. The minimum absolute atomic E-state index is 0.0137. The molecule has 0 aliphatic rings. The van der Waals surface area contributed by atoms with Crippen LogP contribution in [0, 0.1) is 5.82 Å². The lowest BCUT2D eigenvalue weighted by Crippen LogP contribution is -2.11. The van der Waals surface area contributed by atoms with E-state index in [1.807, 2.05) is 5.38 Å². The monoisotopic (exact) mass is 309 g/mol. The van der Waals surface area contributed by atoms with Crippen molar-refractivity contribution < 1.29 is 14.2 Å². The van der Waals surface area contributed by atoms with Gasteiger partial charge in [-0.05, 0) is 19.1 Å². The van der Waals surface area contributed by atoms with E-state index in [0.29, 0.717) is 12.4 Å². The molecule has 114 valence electrons. The topological polar surface area (TPSA) is 42.4 Å². The Hall–Kier alpha value is -1.46. The van der Waals surface area contributed by atoms with Gasteiger partial charge in [0.05, 0.1) is 11.8 Å². The Bertz CT molecular complexity index is 617. The number of aliphatic hydroxyl groups excluding tert-OH is 1. The second-order valence-electron chi connectivity index (χ2n) is 6.02. The normalized spacial score (nSPS) is 13.2. The van der Waals surface area contributed by atoms with E-state index in [1.54, 1.807) is 6.07 Å². The van der Waals surface area contributed by atoms with Crippen molar-refractivity contribution in [2.75, 3.05) is 0 Å². The van der Waals surface area contributed by atoms with Gasteiger partial charge in [-0.25, -0.2) is 9.37 Å². The summed E-state index contributed by atoms with van der Waals surface area (Å²) in [6, 6.07) is 4.49. The van der Waals surface area contributed by atoms with Crippen LogP contribution in [0.4, 0.5) is 4.39 Å². The predicted octanol–water partition coefficient (Wildman–Crippen LogP) is 4.21. The summed E-state index contributed by atoms with van der Waals surface area (Å²) in [7, 11) is 0. The highest BCUT2D eigenvalue weighted by molar-refractivity contribution is 7.09. The number of halogens is 1. The van der Waals surface area contributed by atoms with Crippen LogP contribution in [0.3, 0.4) is 0 Å². The van der Waals surface area contributed by atoms with Crippen LogP contribution in [-0.4, -0.2) is 10.1 Å². The number of aliphatic hydroxyl groups is 1. The Balaban J connectivity index is 2.03. The van der Waals surface area contributed by atoms with Crippen LogP contribution in [-0.2, 0) is 12.0 Å². The molecule has 0 spiro atoms. The second kappa shape index (κ2) is 6.12. The highest BCUT2D eigenvalue weighted by Crippen LogP contribution is 2.26. The molecule has 1 aromatic heterocycles. The molecule has 0 bridgehead atoms. The van der Waals surface area contributed by atoms with Gasteiger partial charge < -0.3 is 9.84 Å². The molecule has 1 heterocycles. The zero-order valence-corrected chi connectivity index (χ0v) is 13.5. The smallest absolute Gasteiger partial charge is 0.140 e. The Morgan fingerprint density at radius 2 is 2.10 bits per heavy atom. The molecule has 2 aromatic rings. The van der Waals surface area contributed by atoms with Crippen LogP contribution in [0.5, 0.6) is 5.75 Å². The van der Waals surface area contributed by atoms with E-state index in [0.717, 1.165) is 10.7 Å². The summed E-state index contributed by atoms with van der Waals surface area (Å²) in [5.74, 6) is -0.0265. The molecule has 2 rings (SSSR count). The number of benzene rings is 1. The summed E-state index contributed by atoms with van der Waals surface area (Å²) >= 11 is 1.54. The molecule has 0 unspecified atom stereocenters. The third-order valence-corrected chi connectivity index (χ3v) is 3.93. The zero-order chi connectivity index (χ0) is 15.6. The molecule has 21 heavy (non-hydrogen) atoms. The number of hydrogen-bond donors (Lipinski definition) is 1. The van der Waals surface area contributed by atoms with E-state index in [-0.39, 0.29) is 11.0 Å². The van der Waals surface area contributed by atoms with Gasteiger partial charge in [0.2, 0.25) is 0 Å². The van der Waals surface area contributed by atoms with Gasteiger partial charge in [-0.2, -0.15) is 0 Å². The van der Waals surface area contributed by atoms with Crippen molar-refractivity contribution in [3.63, 3.8) is 0 Å². The maximum absolute atomic E-state index is 13.7. The lowest BCUT2D eigenvalue weighted by Gasteiger charge is -2.14. The average molecular weight is 309 g/mol. The van der Waals surface area contributed by atoms with Crippen molar-refractivity contribution in [1.82, 2.24) is 4.98 Å². The highest BCUT2D eigenvalue weighted by Gasteiger charge is 2.17. The molecule has 5 heteroatoms. The quantitative estimate of drug-likeness (QED) is 0.920. The fraction of sp³-hybridized carbons (Fsp3) is 0.438. The zero-order valence-electron chi connectivity index (χ0n) is 12.7. The van der Waals surface area contributed by atoms with Crippen molar-refractivity contribution in [3.05, 3.63) is 45.7 Å². The predicted molar refractivity (Wildman–Crippen MR) is 82.2 cm³/mol. The first-order valence-electron chi connectivity index (χ1n) is 6.82. The number of hydrogen-bond acceptors (Lipinski definition) is 4. The molecule has 1 aromatic carbocycles. The maximum Gasteiger partial charge on any atom is 0.140 e. The van der Waals surface area contributed by atoms with Crippen LogP contribution in [0.1, 0.15) is 50.1 Å². The SMILES string of the molecule is C[C@H](O)c1ccc(OCc2nc(C(C)(C)C)cs2)cc1F. The van der Waals surface area contributed by atoms with Gasteiger partial charge in [0, 0.05) is 22.4 Å². The van der Waals surface area contributed by atoms with E-state index in [2.05, 4.69) is 25.8 Å². The number of ether oxygens (including phenoxy) is 1. The van der Waals surface area contributed by atoms with E-state index in [4.69, 9.17) is 4.74 Å². The number of aromatic nitrogens is 1. The summed E-state index contributed by atoms with van der Waals surface area (Å²) in [6.07, 6.45) is -0.827. The largest absolute Gasteiger partial charge is 0.486 e. The van der Waals surface area contributed by atoms with Crippen LogP contribution in [0.2, 0.25) is 0 Å². The minimum atomic E-state index is -0.827. The summed E-state index contributed by atoms with van der Waals surface area (Å²) in [5.41, 5.74) is 1.31. The lowest BCUT2D eigenvalue weighted by atomic mass is 9.93. The minimum Gasteiger partial charge on any atom is -0.486 e. The van der Waals surface area contributed by atoms with Crippen LogP contribution in [0.15, 0.2) is 23.6 Å². The van der Waals surface area contributed by atoms with E-state index in [1.165, 1.54) is 30.4 Å². The highest BCUT2D eigenvalue weighted by atomic mass is 32.1. The molecule has 0 aliphatic heterocycles. The molecule has 1 atom stereocenters. The summed E-state index contributed by atoms with van der Waals surface area (Å²) < 4.78 is 19.3. The standard InChI is InChI=1S/C16H20FNO2S/c1-10(19)12-6-5-11(7-13(12)17)20-8-15-18-14(9-21-15)16(2,3)4/h5-7,9-10,19H,8H2,1-4H3/t10-/m0/s1. The van der Waals surface area contributed by atoms with Crippen molar-refractivity contribution in [3.8, 4) is 5.75 Å². The van der Waals surface area contributed by atoms with Gasteiger partial charge in [0.25, 0.3) is 0 Å². The van der Waals surface area contributed by atoms with Gasteiger partial charge >= 0.3 is 0 Å². The van der Waals surface area contributed by atoms with Gasteiger partial charge in [0.1, 0.15) is 23.2 Å². The van der Waals surface area contributed by atoms with Crippen molar-refractivity contribution in [2.24, 2.45) is 0 Å². The van der Waals surface area contributed by atoms with Crippen molar-refractivity contribution >= 4 is 11.3 Å². The van der Waals surface area contributed by atoms with Crippen LogP contribution >= 0.6 is 11.3 Å². The number of rotatable bonds is 4. The van der Waals surface area contributed by atoms with E-state index >= 15 is 0 Å². The van der Waals surface area contributed by atoms with E-state index < -0.39 is 11.9 Å².